The van der Waals surface area contributed by atoms with Crippen LogP contribution in [0.25, 0.3) is 0 Å². The Morgan fingerprint density at radius 2 is 1.81 bits per heavy atom. The number of hydrogen-bond acceptors (Lipinski definition) is 4. The Labute approximate surface area is 154 Å². The topological polar surface area (TPSA) is 62.7 Å². The van der Waals surface area contributed by atoms with Crippen LogP contribution in [-0.2, 0) is 4.79 Å². The molecule has 0 aliphatic carbocycles. The van der Waals surface area contributed by atoms with Gasteiger partial charge in [-0.3, -0.25) is 4.79 Å². The van der Waals surface area contributed by atoms with Crippen molar-refractivity contribution in [3.05, 3.63) is 82.7 Å². The van der Waals surface area contributed by atoms with Gasteiger partial charge in [0.2, 0.25) is 0 Å². The van der Waals surface area contributed by atoms with Gasteiger partial charge in [0.25, 0.3) is 5.91 Å². The molecule has 2 aromatic rings. The fourth-order valence-electron chi connectivity index (χ4n) is 3.09. The summed E-state index contributed by atoms with van der Waals surface area (Å²) in [6.07, 6.45) is 2.95. The number of dihydropyridines is 1. The zero-order valence-corrected chi connectivity index (χ0v) is 14.3. The Kier molecular flexibility index (Phi) is 4.19. The number of rotatable bonds is 4. The van der Waals surface area contributed by atoms with Gasteiger partial charge in [0.15, 0.2) is 0 Å². The first-order valence-electron chi connectivity index (χ1n) is 8.23. The highest BCUT2D eigenvalue weighted by Crippen LogP contribution is 2.33. The Bertz CT molecular complexity index is 990. The van der Waals surface area contributed by atoms with Gasteiger partial charge in [-0.15, -0.1) is 0 Å². The molecule has 2 aliphatic rings. The Morgan fingerprint density at radius 1 is 1.11 bits per heavy atom. The zero-order chi connectivity index (χ0) is 19.0. The molecular weight excluding hydrogens is 352 g/mol. The van der Waals surface area contributed by atoms with Crippen molar-refractivity contribution in [2.24, 2.45) is 4.99 Å². The summed E-state index contributed by atoms with van der Waals surface area (Å²) in [5, 5.41) is 6.11. The van der Waals surface area contributed by atoms with Crippen LogP contribution in [0.4, 0.5) is 14.5 Å². The number of nitrogens with zero attached hydrogens (tertiary/aromatic N) is 1. The van der Waals surface area contributed by atoms with E-state index in [1.807, 2.05) is 0 Å². The molecule has 2 heterocycles. The molecule has 1 amide bonds. The maximum absolute atomic E-state index is 14.2. The van der Waals surface area contributed by atoms with Gasteiger partial charge in [-0.2, -0.15) is 0 Å². The predicted molar refractivity (Wildman–Crippen MR) is 97.5 cm³/mol. The van der Waals surface area contributed by atoms with Gasteiger partial charge < -0.3 is 15.4 Å². The van der Waals surface area contributed by atoms with Crippen LogP contribution in [-0.4, -0.2) is 19.2 Å². The lowest BCUT2D eigenvalue weighted by Gasteiger charge is -2.26. The molecule has 7 heteroatoms. The monoisotopic (exact) mass is 367 g/mol. The van der Waals surface area contributed by atoms with E-state index >= 15 is 0 Å². The van der Waals surface area contributed by atoms with Crippen LogP contribution in [0.15, 0.2) is 70.5 Å². The number of carbonyl (C=O) groups excluding carboxylic acids is 1. The van der Waals surface area contributed by atoms with E-state index in [0.29, 0.717) is 28.4 Å². The van der Waals surface area contributed by atoms with Gasteiger partial charge in [0.1, 0.15) is 17.4 Å². The zero-order valence-electron chi connectivity index (χ0n) is 14.3. The number of aliphatic imine (C=N–C) groups is 1. The van der Waals surface area contributed by atoms with E-state index < -0.39 is 23.6 Å². The first-order chi connectivity index (χ1) is 13.1. The minimum absolute atomic E-state index is 0.120. The molecule has 2 aliphatic heterocycles. The molecule has 0 radical (unpaired) electrons. The van der Waals surface area contributed by atoms with Crippen molar-refractivity contribution in [2.45, 2.75) is 6.04 Å². The number of carbonyl (C=O) groups is 1. The standard InChI is InChI=1S/C20H15F2N3O2/c1-27-12-7-5-11(6-8-12)24-16-9-15(18-13(21)3-2-4-14(18)22)25-17-10-23-20(26)19(16)17/h2-10,15,24-25H,1H3. The summed E-state index contributed by atoms with van der Waals surface area (Å²) in [6, 6.07) is 10.00. The summed E-state index contributed by atoms with van der Waals surface area (Å²) in [5.41, 5.74) is 1.77. The van der Waals surface area contributed by atoms with E-state index in [-0.39, 0.29) is 5.56 Å². The molecule has 0 saturated carbocycles. The minimum atomic E-state index is -0.789. The van der Waals surface area contributed by atoms with Gasteiger partial charge in [-0.1, -0.05) is 6.07 Å². The number of halogens is 2. The number of methoxy groups -OCH3 is 1. The summed E-state index contributed by atoms with van der Waals surface area (Å²) < 4.78 is 33.6. The number of amides is 1. The fraction of sp³-hybridized carbons (Fsp3) is 0.100. The average molecular weight is 367 g/mol. The summed E-state index contributed by atoms with van der Waals surface area (Å²) in [5.74, 6) is -1.07. The largest absolute Gasteiger partial charge is 0.497 e. The van der Waals surface area contributed by atoms with E-state index in [0.717, 1.165) is 0 Å². The molecule has 0 bridgehead atoms. The van der Waals surface area contributed by atoms with Crippen LogP contribution < -0.4 is 15.4 Å². The molecule has 0 saturated heterocycles. The summed E-state index contributed by atoms with van der Waals surface area (Å²) in [7, 11) is 1.57. The predicted octanol–water partition coefficient (Wildman–Crippen LogP) is 3.48. The van der Waals surface area contributed by atoms with Crippen LogP contribution >= 0.6 is 0 Å². The molecule has 2 N–H and O–H groups in total. The normalized spacial score (nSPS) is 18.1. The Morgan fingerprint density at radius 3 is 2.48 bits per heavy atom. The van der Waals surface area contributed by atoms with E-state index in [4.69, 9.17) is 4.74 Å². The SMILES string of the molecule is COc1ccc(NC2=CC(c3c(F)cccc3F)NC3=C2C(=O)N=C3)cc1. The van der Waals surface area contributed by atoms with Crippen LogP contribution in [0.3, 0.4) is 0 Å². The van der Waals surface area contributed by atoms with E-state index in [1.54, 1.807) is 37.5 Å². The van der Waals surface area contributed by atoms with Crippen molar-refractivity contribution in [3.63, 3.8) is 0 Å². The second-order valence-electron chi connectivity index (χ2n) is 6.04. The summed E-state index contributed by atoms with van der Waals surface area (Å²) in [6.45, 7) is 0. The van der Waals surface area contributed by atoms with Crippen molar-refractivity contribution in [3.8, 4) is 5.75 Å². The second kappa shape index (κ2) is 6.68. The average Bonchev–Trinajstić information content (AvgIpc) is 3.03. The molecular formula is C20H15F2N3O2. The van der Waals surface area contributed by atoms with Gasteiger partial charge in [-0.05, 0) is 42.5 Å². The summed E-state index contributed by atoms with van der Waals surface area (Å²) in [4.78, 5) is 15.9. The van der Waals surface area contributed by atoms with E-state index in [1.165, 1.54) is 24.4 Å². The lowest BCUT2D eigenvalue weighted by atomic mass is 9.97. The molecule has 4 rings (SSSR count). The van der Waals surface area contributed by atoms with Gasteiger partial charge >= 0.3 is 0 Å². The number of hydrogen-bond donors (Lipinski definition) is 2. The van der Waals surface area contributed by atoms with Crippen molar-refractivity contribution in [2.75, 3.05) is 12.4 Å². The van der Waals surface area contributed by atoms with E-state index in [2.05, 4.69) is 15.6 Å². The van der Waals surface area contributed by atoms with Gasteiger partial charge in [0, 0.05) is 11.3 Å². The maximum atomic E-state index is 14.2. The number of nitrogens with one attached hydrogen (secondary N) is 2. The van der Waals surface area contributed by atoms with Crippen molar-refractivity contribution < 1.29 is 18.3 Å². The molecule has 0 aromatic heterocycles. The highest BCUT2D eigenvalue weighted by atomic mass is 19.1. The summed E-state index contributed by atoms with van der Waals surface area (Å²) >= 11 is 0. The first kappa shape index (κ1) is 17.0. The Hall–Kier alpha value is -3.48. The van der Waals surface area contributed by atoms with Crippen LogP contribution in [0.1, 0.15) is 11.6 Å². The number of allylic oxidation sites excluding steroid dienone is 1. The lowest BCUT2D eigenvalue weighted by molar-refractivity contribution is -0.113. The van der Waals surface area contributed by atoms with E-state index in [9.17, 15) is 13.6 Å². The minimum Gasteiger partial charge on any atom is -0.497 e. The van der Waals surface area contributed by atoms with Gasteiger partial charge in [0.05, 0.1) is 36.3 Å². The van der Waals surface area contributed by atoms with Crippen LogP contribution in [0, 0.1) is 11.6 Å². The third kappa shape index (κ3) is 3.08. The molecule has 1 unspecified atom stereocenters. The fourth-order valence-corrected chi connectivity index (χ4v) is 3.09. The number of benzene rings is 2. The molecule has 136 valence electrons. The molecule has 1 atom stereocenters. The third-order valence-corrected chi connectivity index (χ3v) is 4.39. The maximum Gasteiger partial charge on any atom is 0.281 e. The van der Waals surface area contributed by atoms with Crippen LogP contribution in [0.5, 0.6) is 5.75 Å². The smallest absolute Gasteiger partial charge is 0.281 e. The molecule has 0 fully saturated rings. The third-order valence-electron chi connectivity index (χ3n) is 4.39. The van der Waals surface area contributed by atoms with Crippen LogP contribution in [0.2, 0.25) is 0 Å². The quantitative estimate of drug-likeness (QED) is 0.869. The number of anilines is 1. The molecule has 27 heavy (non-hydrogen) atoms. The van der Waals surface area contributed by atoms with Crippen molar-refractivity contribution in [1.82, 2.24) is 5.32 Å². The van der Waals surface area contributed by atoms with Crippen molar-refractivity contribution >= 4 is 17.8 Å². The number of ether oxygens (including phenoxy) is 1. The highest BCUT2D eigenvalue weighted by molar-refractivity contribution is 6.14. The highest BCUT2D eigenvalue weighted by Gasteiger charge is 2.31. The lowest BCUT2D eigenvalue weighted by Crippen LogP contribution is -2.29. The molecule has 5 nitrogen and oxygen atoms in total. The van der Waals surface area contributed by atoms with Gasteiger partial charge in [-0.25, -0.2) is 13.8 Å². The molecule has 2 aromatic carbocycles. The first-order valence-corrected chi connectivity index (χ1v) is 8.23. The molecule has 0 spiro atoms. The Balaban J connectivity index is 1.73. The second-order valence-corrected chi connectivity index (χ2v) is 6.04. The van der Waals surface area contributed by atoms with Crippen molar-refractivity contribution in [1.29, 1.82) is 0 Å².